The first-order chi connectivity index (χ1) is 11.8. The third-order valence-electron chi connectivity index (χ3n) is 4.36. The molecule has 0 amide bonds. The Labute approximate surface area is 137 Å². The molecule has 0 aliphatic carbocycles. The van der Waals surface area contributed by atoms with E-state index in [4.69, 9.17) is 13.6 Å². The van der Waals surface area contributed by atoms with Crippen LogP contribution in [0.4, 0.5) is 0 Å². The lowest BCUT2D eigenvalue weighted by atomic mass is 9.98. The highest BCUT2D eigenvalue weighted by Gasteiger charge is 2.31. The second-order valence-corrected chi connectivity index (χ2v) is 5.76. The maximum Gasteiger partial charge on any atom is 0.345 e. The maximum atomic E-state index is 12.6. The zero-order chi connectivity index (χ0) is 16.5. The van der Waals surface area contributed by atoms with Gasteiger partial charge in [0.1, 0.15) is 16.9 Å². The van der Waals surface area contributed by atoms with Crippen molar-refractivity contribution in [3.05, 3.63) is 64.4 Å². The number of rotatable bonds is 3. The van der Waals surface area contributed by atoms with Crippen LogP contribution in [0.15, 0.2) is 56.5 Å². The molecular weight excluding hydrogens is 310 g/mol. The van der Waals surface area contributed by atoms with Crippen molar-refractivity contribution in [1.82, 2.24) is 4.90 Å². The Morgan fingerprint density at radius 2 is 1.92 bits per heavy atom. The van der Waals surface area contributed by atoms with Gasteiger partial charge in [0.2, 0.25) is 0 Å². The van der Waals surface area contributed by atoms with Gasteiger partial charge in [0, 0.05) is 18.7 Å². The highest BCUT2D eigenvalue weighted by molar-refractivity contribution is 5.84. The van der Waals surface area contributed by atoms with E-state index < -0.39 is 11.7 Å². The second-order valence-electron chi connectivity index (χ2n) is 5.76. The van der Waals surface area contributed by atoms with Gasteiger partial charge in [-0.2, -0.15) is 0 Å². The Kier molecular flexibility index (Phi) is 3.84. The predicted molar refractivity (Wildman–Crippen MR) is 87.1 cm³/mol. The summed E-state index contributed by atoms with van der Waals surface area (Å²) in [4.78, 5) is 14.7. The van der Waals surface area contributed by atoms with E-state index in [9.17, 15) is 9.90 Å². The summed E-state index contributed by atoms with van der Waals surface area (Å²) in [6.07, 6.45) is 3.15. The van der Waals surface area contributed by atoms with Crippen molar-refractivity contribution in [3.63, 3.8) is 0 Å². The van der Waals surface area contributed by atoms with Crippen molar-refractivity contribution in [2.75, 3.05) is 26.3 Å². The van der Waals surface area contributed by atoms with Gasteiger partial charge >= 0.3 is 5.63 Å². The molecular formula is C18H17NO5. The Balaban J connectivity index is 1.92. The molecule has 0 saturated carbocycles. The van der Waals surface area contributed by atoms with E-state index >= 15 is 0 Å². The van der Waals surface area contributed by atoms with Gasteiger partial charge in [0.25, 0.3) is 0 Å². The topological polar surface area (TPSA) is 76.0 Å². The first-order valence-corrected chi connectivity index (χ1v) is 7.84. The van der Waals surface area contributed by atoms with E-state index in [0.717, 1.165) is 5.56 Å². The SMILES string of the molecule is O=c1oc2ccccc2c(O)c1C(c1ccoc1)N1CCOCC1. The monoisotopic (exact) mass is 327 g/mol. The van der Waals surface area contributed by atoms with Crippen molar-refractivity contribution in [1.29, 1.82) is 0 Å². The molecule has 6 nitrogen and oxygen atoms in total. The van der Waals surface area contributed by atoms with E-state index in [1.807, 2.05) is 0 Å². The lowest BCUT2D eigenvalue weighted by molar-refractivity contribution is 0.0229. The van der Waals surface area contributed by atoms with Crippen LogP contribution in [0.2, 0.25) is 0 Å². The number of para-hydroxylation sites is 1. The largest absolute Gasteiger partial charge is 0.507 e. The van der Waals surface area contributed by atoms with E-state index in [-0.39, 0.29) is 11.3 Å². The molecule has 1 fully saturated rings. The minimum atomic E-state index is -0.538. The Bertz CT molecular complexity index is 893. The molecule has 1 aliphatic heterocycles. The van der Waals surface area contributed by atoms with Crippen molar-refractivity contribution in [2.45, 2.75) is 6.04 Å². The molecule has 0 bridgehead atoms. The highest BCUT2D eigenvalue weighted by Crippen LogP contribution is 2.36. The molecule has 0 radical (unpaired) electrons. The fourth-order valence-electron chi connectivity index (χ4n) is 3.22. The number of hydrogen-bond donors (Lipinski definition) is 1. The van der Waals surface area contributed by atoms with Gasteiger partial charge in [0.05, 0.1) is 37.2 Å². The Morgan fingerprint density at radius 1 is 1.12 bits per heavy atom. The number of benzene rings is 1. The number of fused-ring (bicyclic) bond motifs is 1. The predicted octanol–water partition coefficient (Wildman–Crippen LogP) is 2.51. The van der Waals surface area contributed by atoms with E-state index in [2.05, 4.69) is 4.90 Å². The Morgan fingerprint density at radius 3 is 2.67 bits per heavy atom. The quantitative estimate of drug-likeness (QED) is 0.745. The van der Waals surface area contributed by atoms with Gasteiger partial charge in [-0.1, -0.05) is 12.1 Å². The molecule has 6 heteroatoms. The van der Waals surface area contributed by atoms with E-state index in [0.29, 0.717) is 37.3 Å². The van der Waals surface area contributed by atoms with E-state index in [1.54, 1.807) is 42.9 Å². The summed E-state index contributed by atoms with van der Waals surface area (Å²) in [6.45, 7) is 2.46. The summed E-state index contributed by atoms with van der Waals surface area (Å²) in [5, 5.41) is 11.3. The molecule has 24 heavy (non-hydrogen) atoms. The highest BCUT2D eigenvalue weighted by atomic mass is 16.5. The third kappa shape index (κ3) is 2.50. The molecule has 124 valence electrons. The number of furan rings is 1. The number of aromatic hydroxyl groups is 1. The molecule has 1 N–H and O–H groups in total. The van der Waals surface area contributed by atoms with Crippen molar-refractivity contribution >= 4 is 11.0 Å². The van der Waals surface area contributed by atoms with Crippen molar-refractivity contribution < 1.29 is 18.7 Å². The molecule has 1 saturated heterocycles. The van der Waals surface area contributed by atoms with Crippen LogP contribution in [0.3, 0.4) is 0 Å². The van der Waals surface area contributed by atoms with Crippen LogP contribution >= 0.6 is 0 Å². The zero-order valence-corrected chi connectivity index (χ0v) is 13.0. The number of ether oxygens (including phenoxy) is 1. The summed E-state index contributed by atoms with van der Waals surface area (Å²) in [6, 6.07) is 8.33. The number of hydrogen-bond acceptors (Lipinski definition) is 6. The summed E-state index contributed by atoms with van der Waals surface area (Å²) < 4.78 is 16.0. The van der Waals surface area contributed by atoms with Gasteiger partial charge in [-0.05, 0) is 18.2 Å². The molecule has 1 aromatic carbocycles. The molecule has 4 rings (SSSR count). The van der Waals surface area contributed by atoms with Crippen LogP contribution in [-0.2, 0) is 4.74 Å². The van der Waals surface area contributed by atoms with Crippen LogP contribution in [0.1, 0.15) is 17.2 Å². The zero-order valence-electron chi connectivity index (χ0n) is 13.0. The van der Waals surface area contributed by atoms with Crippen LogP contribution in [0.25, 0.3) is 11.0 Å². The van der Waals surface area contributed by atoms with Gasteiger partial charge < -0.3 is 18.7 Å². The van der Waals surface area contributed by atoms with Crippen molar-refractivity contribution in [3.8, 4) is 5.75 Å². The maximum absolute atomic E-state index is 12.6. The first kappa shape index (κ1) is 15.0. The molecule has 1 aliphatic rings. The van der Waals surface area contributed by atoms with Crippen LogP contribution in [-0.4, -0.2) is 36.3 Å². The standard InChI is InChI=1S/C18H17NO5/c20-17-13-3-1-2-4-14(13)24-18(21)15(17)16(12-5-8-23-11-12)19-6-9-22-10-7-19/h1-5,8,11,16,20H,6-7,9-10H2. The lowest BCUT2D eigenvalue weighted by Crippen LogP contribution is -2.40. The average Bonchev–Trinajstić information content (AvgIpc) is 3.13. The Hall–Kier alpha value is -2.57. The minimum Gasteiger partial charge on any atom is -0.507 e. The summed E-state index contributed by atoms with van der Waals surface area (Å²) in [7, 11) is 0. The lowest BCUT2D eigenvalue weighted by Gasteiger charge is -2.33. The van der Waals surface area contributed by atoms with Crippen LogP contribution in [0.5, 0.6) is 5.75 Å². The summed E-state index contributed by atoms with van der Waals surface area (Å²) in [5.74, 6) is -0.0421. The van der Waals surface area contributed by atoms with Gasteiger partial charge in [-0.25, -0.2) is 4.79 Å². The second kappa shape index (κ2) is 6.14. The third-order valence-corrected chi connectivity index (χ3v) is 4.36. The first-order valence-electron chi connectivity index (χ1n) is 7.84. The fraction of sp³-hybridized carbons (Fsp3) is 0.278. The molecule has 3 heterocycles. The molecule has 3 aromatic rings. The average molecular weight is 327 g/mol. The molecule has 1 unspecified atom stereocenters. The van der Waals surface area contributed by atoms with Crippen LogP contribution < -0.4 is 5.63 Å². The van der Waals surface area contributed by atoms with Gasteiger partial charge in [-0.3, -0.25) is 4.90 Å². The summed E-state index contributed by atoms with van der Waals surface area (Å²) in [5.41, 5.74) is 0.868. The minimum absolute atomic E-state index is 0.0421. The number of morpholine rings is 1. The summed E-state index contributed by atoms with van der Waals surface area (Å²) >= 11 is 0. The normalized spacial score (nSPS) is 17.2. The smallest absolute Gasteiger partial charge is 0.345 e. The molecule has 2 aromatic heterocycles. The van der Waals surface area contributed by atoms with Crippen LogP contribution in [0, 0.1) is 0 Å². The van der Waals surface area contributed by atoms with Gasteiger partial charge in [-0.15, -0.1) is 0 Å². The molecule has 0 spiro atoms. The fourth-order valence-corrected chi connectivity index (χ4v) is 3.22. The number of nitrogens with zero attached hydrogens (tertiary/aromatic N) is 1. The molecule has 1 atom stereocenters. The van der Waals surface area contributed by atoms with Crippen molar-refractivity contribution in [2.24, 2.45) is 0 Å². The van der Waals surface area contributed by atoms with Gasteiger partial charge in [0.15, 0.2) is 0 Å². The van der Waals surface area contributed by atoms with E-state index in [1.165, 1.54) is 0 Å².